The Morgan fingerprint density at radius 3 is 2.25 bits per heavy atom. The molecule has 0 fully saturated rings. The van der Waals surface area contributed by atoms with Crippen molar-refractivity contribution in [1.82, 2.24) is 5.32 Å². The topological polar surface area (TPSA) is 15.3 Å². The second-order valence-electron chi connectivity index (χ2n) is 6.42. The highest BCUT2D eigenvalue weighted by Crippen LogP contribution is 2.32. The second kappa shape index (κ2) is 7.90. The van der Waals surface area contributed by atoms with Crippen LogP contribution < -0.4 is 10.2 Å². The fourth-order valence-electron chi connectivity index (χ4n) is 2.29. The molecule has 0 unspecified atom stereocenters. The van der Waals surface area contributed by atoms with Crippen LogP contribution in [0, 0.1) is 5.92 Å². The quantitative estimate of drug-likeness (QED) is 0.784. The van der Waals surface area contributed by atoms with E-state index in [-0.39, 0.29) is 0 Å². The lowest BCUT2D eigenvalue weighted by molar-refractivity contribution is 0.560. The molecule has 0 heterocycles. The van der Waals surface area contributed by atoms with Crippen molar-refractivity contribution in [2.45, 2.75) is 60.2 Å². The van der Waals surface area contributed by atoms with E-state index in [0.29, 0.717) is 18.0 Å². The SMILES string of the molecule is CC(C)CN(c1c(Cl)cccc1CNC(C)C)C(C)C. The van der Waals surface area contributed by atoms with E-state index < -0.39 is 0 Å². The molecule has 0 bridgehead atoms. The molecule has 1 aromatic carbocycles. The molecule has 2 nitrogen and oxygen atoms in total. The van der Waals surface area contributed by atoms with Crippen molar-refractivity contribution >= 4 is 17.3 Å². The average molecular weight is 297 g/mol. The Morgan fingerprint density at radius 2 is 1.75 bits per heavy atom. The third-order valence-corrected chi connectivity index (χ3v) is 3.55. The molecule has 0 saturated heterocycles. The van der Waals surface area contributed by atoms with Gasteiger partial charge in [-0.25, -0.2) is 0 Å². The van der Waals surface area contributed by atoms with Crippen LogP contribution in [0.3, 0.4) is 0 Å². The maximum absolute atomic E-state index is 6.50. The lowest BCUT2D eigenvalue weighted by atomic mass is 10.1. The van der Waals surface area contributed by atoms with Gasteiger partial charge in [0.05, 0.1) is 10.7 Å². The third-order valence-electron chi connectivity index (χ3n) is 3.24. The summed E-state index contributed by atoms with van der Waals surface area (Å²) in [4.78, 5) is 2.42. The number of para-hydroxylation sites is 1. The highest BCUT2D eigenvalue weighted by Gasteiger charge is 2.18. The van der Waals surface area contributed by atoms with Gasteiger partial charge in [0, 0.05) is 25.2 Å². The second-order valence-corrected chi connectivity index (χ2v) is 6.83. The molecular weight excluding hydrogens is 268 g/mol. The van der Waals surface area contributed by atoms with Gasteiger partial charge in [-0.15, -0.1) is 0 Å². The number of benzene rings is 1. The van der Waals surface area contributed by atoms with E-state index in [9.17, 15) is 0 Å². The highest BCUT2D eigenvalue weighted by molar-refractivity contribution is 6.33. The molecule has 0 radical (unpaired) electrons. The number of nitrogens with zero attached hydrogens (tertiary/aromatic N) is 1. The van der Waals surface area contributed by atoms with E-state index in [2.05, 4.69) is 57.8 Å². The number of anilines is 1. The summed E-state index contributed by atoms with van der Waals surface area (Å²) in [6.45, 7) is 15.2. The summed E-state index contributed by atoms with van der Waals surface area (Å²) < 4.78 is 0. The van der Waals surface area contributed by atoms with Gasteiger partial charge in [0.15, 0.2) is 0 Å². The van der Waals surface area contributed by atoms with E-state index >= 15 is 0 Å². The van der Waals surface area contributed by atoms with E-state index in [1.54, 1.807) is 0 Å². The Morgan fingerprint density at radius 1 is 1.10 bits per heavy atom. The largest absolute Gasteiger partial charge is 0.367 e. The molecule has 1 rings (SSSR count). The zero-order valence-electron chi connectivity index (χ0n) is 13.7. The van der Waals surface area contributed by atoms with Crippen LogP contribution in [-0.4, -0.2) is 18.6 Å². The van der Waals surface area contributed by atoms with Crippen molar-refractivity contribution in [3.63, 3.8) is 0 Å². The molecule has 0 atom stereocenters. The summed E-state index contributed by atoms with van der Waals surface area (Å²) in [5, 5.41) is 4.34. The van der Waals surface area contributed by atoms with Gasteiger partial charge in [0.1, 0.15) is 0 Å². The van der Waals surface area contributed by atoms with Crippen molar-refractivity contribution in [3.8, 4) is 0 Å². The van der Waals surface area contributed by atoms with Crippen LogP contribution in [0.25, 0.3) is 0 Å². The van der Waals surface area contributed by atoms with E-state index in [4.69, 9.17) is 11.6 Å². The molecule has 0 amide bonds. The normalized spacial score (nSPS) is 11.7. The molecule has 1 N–H and O–H groups in total. The summed E-state index contributed by atoms with van der Waals surface area (Å²) in [5.74, 6) is 0.611. The first-order chi connectivity index (χ1) is 9.32. The standard InChI is InChI=1S/C17H29ClN2/c1-12(2)11-20(14(5)6)17-15(10-19-13(3)4)8-7-9-16(17)18/h7-9,12-14,19H,10-11H2,1-6H3. The van der Waals surface area contributed by atoms with Gasteiger partial charge < -0.3 is 10.2 Å². The van der Waals surface area contributed by atoms with Gasteiger partial charge in [0.25, 0.3) is 0 Å². The van der Waals surface area contributed by atoms with Gasteiger partial charge in [-0.1, -0.05) is 51.4 Å². The molecule has 0 aromatic heterocycles. The molecular formula is C17H29ClN2. The van der Waals surface area contributed by atoms with Gasteiger partial charge in [0.2, 0.25) is 0 Å². The minimum atomic E-state index is 0.440. The minimum absolute atomic E-state index is 0.440. The van der Waals surface area contributed by atoms with E-state index in [1.165, 1.54) is 11.3 Å². The van der Waals surface area contributed by atoms with Gasteiger partial charge in [-0.2, -0.15) is 0 Å². The number of hydrogen-bond donors (Lipinski definition) is 1. The molecule has 20 heavy (non-hydrogen) atoms. The third kappa shape index (κ3) is 4.99. The van der Waals surface area contributed by atoms with Gasteiger partial charge in [-0.05, 0) is 31.4 Å². The number of hydrogen-bond acceptors (Lipinski definition) is 2. The first-order valence-corrected chi connectivity index (χ1v) is 7.98. The fraction of sp³-hybridized carbons (Fsp3) is 0.647. The predicted molar refractivity (Wildman–Crippen MR) is 90.7 cm³/mol. The maximum atomic E-state index is 6.50. The van der Waals surface area contributed by atoms with Crippen molar-refractivity contribution < 1.29 is 0 Å². The highest BCUT2D eigenvalue weighted by atomic mass is 35.5. The van der Waals surface area contributed by atoms with E-state index in [1.807, 2.05) is 12.1 Å². The maximum Gasteiger partial charge on any atom is 0.0643 e. The molecule has 0 aliphatic rings. The van der Waals surface area contributed by atoms with Crippen molar-refractivity contribution in [1.29, 1.82) is 0 Å². The Kier molecular flexibility index (Phi) is 6.84. The predicted octanol–water partition coefficient (Wildman–Crippen LogP) is 4.71. The molecule has 3 heteroatoms. The Bertz CT molecular complexity index is 413. The summed E-state index contributed by atoms with van der Waals surface area (Å²) in [6.07, 6.45) is 0. The Labute approximate surface area is 129 Å². The van der Waals surface area contributed by atoms with Crippen molar-refractivity contribution in [2.75, 3.05) is 11.4 Å². The summed E-state index contributed by atoms with van der Waals surface area (Å²) >= 11 is 6.50. The van der Waals surface area contributed by atoms with Crippen LogP contribution in [0.5, 0.6) is 0 Å². The Hall–Kier alpha value is -0.730. The molecule has 0 aliphatic carbocycles. The fourth-order valence-corrected chi connectivity index (χ4v) is 2.59. The Balaban J connectivity index is 3.11. The first kappa shape index (κ1) is 17.3. The number of rotatable bonds is 7. The lowest BCUT2D eigenvalue weighted by Crippen LogP contribution is -2.35. The molecule has 0 aliphatic heterocycles. The molecule has 0 spiro atoms. The summed E-state index contributed by atoms with van der Waals surface area (Å²) in [5.41, 5.74) is 2.46. The summed E-state index contributed by atoms with van der Waals surface area (Å²) in [7, 11) is 0. The number of halogens is 1. The monoisotopic (exact) mass is 296 g/mol. The molecule has 0 saturated carbocycles. The van der Waals surface area contributed by atoms with Crippen molar-refractivity contribution in [3.05, 3.63) is 28.8 Å². The van der Waals surface area contributed by atoms with Crippen LogP contribution in [-0.2, 0) is 6.54 Å². The van der Waals surface area contributed by atoms with E-state index in [0.717, 1.165) is 18.1 Å². The van der Waals surface area contributed by atoms with Gasteiger partial charge >= 0.3 is 0 Å². The molecule has 114 valence electrons. The number of nitrogens with one attached hydrogen (secondary N) is 1. The van der Waals surface area contributed by atoms with Crippen LogP contribution in [0.2, 0.25) is 5.02 Å². The lowest BCUT2D eigenvalue weighted by Gasteiger charge is -2.33. The smallest absolute Gasteiger partial charge is 0.0643 e. The van der Waals surface area contributed by atoms with Gasteiger partial charge in [-0.3, -0.25) is 0 Å². The zero-order chi connectivity index (χ0) is 15.3. The first-order valence-electron chi connectivity index (χ1n) is 7.60. The van der Waals surface area contributed by atoms with Crippen LogP contribution in [0.15, 0.2) is 18.2 Å². The zero-order valence-corrected chi connectivity index (χ0v) is 14.5. The summed E-state index contributed by atoms with van der Waals surface area (Å²) in [6, 6.07) is 7.11. The average Bonchev–Trinajstić information content (AvgIpc) is 2.33. The minimum Gasteiger partial charge on any atom is -0.367 e. The van der Waals surface area contributed by atoms with Crippen LogP contribution in [0.4, 0.5) is 5.69 Å². The van der Waals surface area contributed by atoms with Crippen LogP contribution >= 0.6 is 11.6 Å². The molecule has 1 aromatic rings. The van der Waals surface area contributed by atoms with Crippen LogP contribution in [0.1, 0.15) is 47.1 Å². The van der Waals surface area contributed by atoms with Crippen molar-refractivity contribution in [2.24, 2.45) is 5.92 Å².